The molecule has 63 heavy (non-hydrogen) atoms. The highest BCUT2D eigenvalue weighted by Gasteiger charge is 3.00. The minimum absolute atomic E-state index is 0.891. The van der Waals surface area contributed by atoms with E-state index in [1.165, 1.54) is 0 Å². The zero-order chi connectivity index (χ0) is 51.7. The number of aliphatic hydroxyl groups is 2. The molecule has 0 aliphatic carbocycles. The summed E-state index contributed by atoms with van der Waals surface area (Å²) in [5.41, 5.74) is 0. The standard InChI is InChI=1S/C23H25F25N2O10S3/c1-50(2,7-11(52)9-62(56,57)58)5-3-4-49(6-10(51)8-61(53,54)55)63(59,60)23(47,48)21(42,43)19(38,39)17(34,35)15(30,31)13(26,27)12(24,25)14(28,29)16(32,33)18(36,37)20(40,41)22(44,45)46/h10-11,51-52H,3-9H2,1-2H3,(H-,53,54,55,56,57,58)/p+1. The lowest BCUT2D eigenvalue weighted by atomic mass is 9.85. The van der Waals surface area contributed by atoms with Crippen LogP contribution in [0.2, 0.25) is 0 Å². The van der Waals surface area contributed by atoms with Crippen molar-refractivity contribution in [2.75, 3.05) is 51.8 Å². The summed E-state index contributed by atoms with van der Waals surface area (Å²) in [5.74, 6) is -99.4. The number of likely N-dealkylation sites (N-methyl/N-ethyl adjacent to an activating group) is 1. The van der Waals surface area contributed by atoms with Gasteiger partial charge in [0.1, 0.15) is 24.2 Å². The molecule has 0 aliphatic rings. The first kappa shape index (κ1) is 60.9. The van der Waals surface area contributed by atoms with Crippen molar-refractivity contribution in [2.24, 2.45) is 0 Å². The summed E-state index contributed by atoms with van der Waals surface area (Å²) < 4.78 is 431. The molecule has 0 heterocycles. The summed E-state index contributed by atoms with van der Waals surface area (Å²) >= 11 is 0. The van der Waals surface area contributed by atoms with Gasteiger partial charge in [-0.2, -0.15) is 131 Å². The number of hydrogen-bond donors (Lipinski definition) is 4. The second-order valence-electron chi connectivity index (χ2n) is 13.6. The number of alkyl halides is 25. The summed E-state index contributed by atoms with van der Waals surface area (Å²) in [5, 5.41) is 11.1. The minimum atomic E-state index is -9.93. The molecular formula is C23H26F25N2O10S3+. The van der Waals surface area contributed by atoms with Crippen LogP contribution in [0, 0.1) is 0 Å². The maximum atomic E-state index is 15.0. The number of sulfonamides is 1. The Kier molecular flexibility index (Phi) is 16.6. The smallest absolute Gasteiger partial charge is 0.391 e. The molecule has 0 saturated carbocycles. The second kappa shape index (κ2) is 17.2. The molecule has 0 aromatic rings. The van der Waals surface area contributed by atoms with Gasteiger partial charge in [0, 0.05) is 19.5 Å². The first-order chi connectivity index (χ1) is 26.8. The molecule has 40 heteroatoms. The van der Waals surface area contributed by atoms with E-state index in [-0.39, 0.29) is 0 Å². The molecule has 12 nitrogen and oxygen atoms in total. The van der Waals surface area contributed by atoms with Gasteiger partial charge in [-0.15, -0.1) is 0 Å². The monoisotopic (exact) mass is 1060 g/mol. The number of hydrogen-bond acceptors (Lipinski definition) is 8. The van der Waals surface area contributed by atoms with Crippen LogP contribution in [0.3, 0.4) is 0 Å². The van der Waals surface area contributed by atoms with Crippen molar-refractivity contribution in [3.05, 3.63) is 0 Å². The Morgan fingerprint density at radius 1 is 0.460 bits per heavy atom. The zero-order valence-corrected chi connectivity index (χ0v) is 32.4. The minimum Gasteiger partial charge on any atom is -0.391 e. The molecule has 380 valence electrons. The molecule has 4 N–H and O–H groups in total. The van der Waals surface area contributed by atoms with Crippen LogP contribution in [0.4, 0.5) is 110 Å². The molecule has 2 atom stereocenters. The lowest BCUT2D eigenvalue weighted by Crippen LogP contribution is -2.78. The Morgan fingerprint density at radius 3 is 1.02 bits per heavy atom. The third-order valence-electron chi connectivity index (χ3n) is 8.03. The summed E-state index contributed by atoms with van der Waals surface area (Å²) in [6.07, 6.45) is -15.0. The predicted octanol–water partition coefficient (Wildman–Crippen LogP) is 5.09. The fourth-order valence-electron chi connectivity index (χ4n) is 4.74. The van der Waals surface area contributed by atoms with E-state index in [0.717, 1.165) is 14.1 Å². The maximum Gasteiger partial charge on any atom is 0.460 e. The second-order valence-corrected chi connectivity index (χ2v) is 18.6. The quantitative estimate of drug-likeness (QED) is 0.0577. The third kappa shape index (κ3) is 10.5. The van der Waals surface area contributed by atoms with E-state index >= 15 is 8.78 Å². The summed E-state index contributed by atoms with van der Waals surface area (Å²) in [6.45, 7) is -6.47. The van der Waals surface area contributed by atoms with Gasteiger partial charge < -0.3 is 14.7 Å². The lowest BCUT2D eigenvalue weighted by molar-refractivity contribution is -0.893. The third-order valence-corrected chi connectivity index (χ3v) is 11.6. The van der Waals surface area contributed by atoms with Crippen molar-refractivity contribution in [3.63, 3.8) is 0 Å². The highest BCUT2D eigenvalue weighted by atomic mass is 32.2. The topological polar surface area (TPSA) is 187 Å². The fraction of sp³-hybridized carbons (Fsp3) is 1.00. The van der Waals surface area contributed by atoms with Gasteiger partial charge in [-0.05, 0) is 0 Å². The van der Waals surface area contributed by atoms with Crippen LogP contribution in [-0.2, 0) is 30.3 Å². The van der Waals surface area contributed by atoms with E-state index in [1.807, 2.05) is 0 Å². The molecule has 0 spiro atoms. The van der Waals surface area contributed by atoms with Gasteiger partial charge in [-0.25, -0.2) is 8.42 Å². The predicted molar refractivity (Wildman–Crippen MR) is 152 cm³/mol. The summed E-state index contributed by atoms with van der Waals surface area (Å²) in [6, 6.07) is 0. The van der Waals surface area contributed by atoms with Crippen LogP contribution in [-0.4, -0.2) is 188 Å². The fourth-order valence-corrected chi connectivity index (χ4v) is 7.43. The average Bonchev–Trinajstić information content (AvgIpc) is 3.00. The van der Waals surface area contributed by atoms with Crippen LogP contribution in [0.25, 0.3) is 0 Å². The molecule has 0 aromatic carbocycles. The molecule has 0 aliphatic heterocycles. The van der Waals surface area contributed by atoms with Gasteiger partial charge in [-0.3, -0.25) is 9.11 Å². The summed E-state index contributed by atoms with van der Waals surface area (Å²) in [4.78, 5) is 0. The van der Waals surface area contributed by atoms with Crippen molar-refractivity contribution in [2.45, 2.75) is 89.3 Å². The normalized spacial score (nSPS) is 17.3. The molecule has 0 aromatic heterocycles. The molecule has 0 radical (unpaired) electrons. The van der Waals surface area contributed by atoms with Gasteiger partial charge in [0.05, 0.1) is 26.7 Å². The molecular weight excluding hydrogens is 1040 g/mol. The van der Waals surface area contributed by atoms with Crippen molar-refractivity contribution in [3.8, 4) is 0 Å². The van der Waals surface area contributed by atoms with Crippen molar-refractivity contribution < 1.29 is 159 Å². The van der Waals surface area contributed by atoms with Gasteiger partial charge in [0.15, 0.2) is 0 Å². The van der Waals surface area contributed by atoms with Crippen LogP contribution in [0.1, 0.15) is 6.42 Å². The maximum absolute atomic E-state index is 15.0. The van der Waals surface area contributed by atoms with Gasteiger partial charge in [-0.1, -0.05) is 0 Å². The van der Waals surface area contributed by atoms with E-state index in [0.29, 0.717) is 0 Å². The van der Waals surface area contributed by atoms with Crippen molar-refractivity contribution in [1.29, 1.82) is 0 Å². The first-order valence-corrected chi connectivity index (χ1v) is 19.8. The highest BCUT2D eigenvalue weighted by Crippen LogP contribution is 2.68. The molecule has 0 rings (SSSR count). The Balaban J connectivity index is 7.56. The van der Waals surface area contributed by atoms with E-state index in [2.05, 4.69) is 0 Å². The Bertz CT molecular complexity index is 1960. The molecule has 0 saturated heterocycles. The summed E-state index contributed by atoms with van der Waals surface area (Å²) in [7, 11) is -17.2. The van der Waals surface area contributed by atoms with E-state index in [9.17, 15) is 136 Å². The molecule has 0 fully saturated rings. The first-order valence-electron chi connectivity index (χ1n) is 15.1. The Hall–Kier alpha value is -2.14. The lowest BCUT2D eigenvalue weighted by Gasteiger charge is -2.45. The van der Waals surface area contributed by atoms with Crippen LogP contribution in [0.5, 0.6) is 0 Å². The number of quaternary nitrogens is 1. The van der Waals surface area contributed by atoms with Gasteiger partial charge in [0.2, 0.25) is 0 Å². The van der Waals surface area contributed by atoms with Gasteiger partial charge in [0.25, 0.3) is 30.3 Å². The average molecular weight is 1060 g/mol. The van der Waals surface area contributed by atoms with Crippen LogP contribution in [0.15, 0.2) is 0 Å². The van der Waals surface area contributed by atoms with E-state index in [1.54, 1.807) is 0 Å². The number of aliphatic hydroxyl groups excluding tert-OH is 2. The molecule has 0 amide bonds. The SMILES string of the molecule is C[N+](C)(CCCN(CC(O)CS(=O)(=O)O)S(=O)(=O)C(F)(F)C(F)(F)C(F)(F)C(F)(F)C(F)(F)C(F)(F)C(F)(F)C(F)(F)C(F)(F)C(F)(F)C(F)(F)C(F)(F)F)CC(O)CS(=O)(=O)O. The van der Waals surface area contributed by atoms with Gasteiger partial charge >= 0.3 is 70.7 Å². The number of halogens is 25. The number of nitrogens with zero attached hydrogens (tertiary/aromatic N) is 2. The van der Waals surface area contributed by atoms with Crippen LogP contribution >= 0.6 is 0 Å². The number of rotatable bonds is 24. The molecule has 2 unspecified atom stereocenters. The van der Waals surface area contributed by atoms with Crippen molar-refractivity contribution >= 4 is 30.3 Å². The van der Waals surface area contributed by atoms with Crippen molar-refractivity contribution in [1.82, 2.24) is 4.31 Å². The Labute approximate surface area is 334 Å². The Morgan fingerprint density at radius 2 is 0.730 bits per heavy atom. The highest BCUT2D eigenvalue weighted by molar-refractivity contribution is 7.90. The largest absolute Gasteiger partial charge is 0.460 e. The van der Waals surface area contributed by atoms with E-state index in [4.69, 9.17) is 9.11 Å². The molecule has 0 bridgehead atoms. The zero-order valence-electron chi connectivity index (χ0n) is 29.9. The van der Waals surface area contributed by atoms with Crippen LogP contribution < -0.4 is 0 Å². The van der Waals surface area contributed by atoms with E-state index < -0.39 is 166 Å².